The molecule has 2 heterocycles. The lowest BCUT2D eigenvalue weighted by atomic mass is 10.0. The van der Waals surface area contributed by atoms with E-state index in [-0.39, 0.29) is 22.4 Å². The lowest BCUT2D eigenvalue weighted by Crippen LogP contribution is -2.39. The van der Waals surface area contributed by atoms with Gasteiger partial charge in [-0.15, -0.1) is 6.58 Å². The number of hydrogen-bond donors (Lipinski definition) is 1. The number of piperidine rings is 1. The van der Waals surface area contributed by atoms with E-state index in [1.807, 2.05) is 6.07 Å². The second kappa shape index (κ2) is 7.94. The lowest BCUT2D eigenvalue weighted by molar-refractivity contribution is 0.281. The summed E-state index contributed by atoms with van der Waals surface area (Å²) in [5.41, 5.74) is 0.745. The predicted octanol–water partition coefficient (Wildman–Crippen LogP) is 3.23. The minimum absolute atomic E-state index is 0.144. The molecular formula is C19H22N4O3S. The fourth-order valence-electron chi connectivity index (χ4n) is 3.09. The van der Waals surface area contributed by atoms with Crippen molar-refractivity contribution in [3.8, 4) is 17.5 Å². The van der Waals surface area contributed by atoms with Gasteiger partial charge in [0.25, 0.3) is 0 Å². The van der Waals surface area contributed by atoms with Gasteiger partial charge in [-0.2, -0.15) is 14.6 Å². The van der Waals surface area contributed by atoms with Gasteiger partial charge in [-0.05, 0) is 43.0 Å². The van der Waals surface area contributed by atoms with Gasteiger partial charge in [-0.25, -0.2) is 8.42 Å². The zero-order valence-corrected chi connectivity index (χ0v) is 16.0. The Hall–Kier alpha value is -2.63. The Kier molecular flexibility index (Phi) is 5.63. The van der Waals surface area contributed by atoms with Crippen molar-refractivity contribution in [2.75, 3.05) is 25.0 Å². The van der Waals surface area contributed by atoms with Gasteiger partial charge in [0.2, 0.25) is 27.5 Å². The van der Waals surface area contributed by atoms with Crippen LogP contribution in [0.1, 0.15) is 25.5 Å². The van der Waals surface area contributed by atoms with E-state index in [9.17, 15) is 13.7 Å². The Labute approximate surface area is 159 Å². The number of benzene rings is 1. The fraction of sp³-hybridized carbons (Fsp3) is 0.368. The monoisotopic (exact) mass is 386 g/mol. The van der Waals surface area contributed by atoms with Crippen molar-refractivity contribution >= 4 is 15.9 Å². The fourth-order valence-corrected chi connectivity index (χ4v) is 4.69. The largest absolute Gasteiger partial charge is 0.419 e. The van der Waals surface area contributed by atoms with Gasteiger partial charge in [0.05, 0.1) is 4.90 Å². The highest BCUT2D eigenvalue weighted by Crippen LogP contribution is 2.28. The third-order valence-corrected chi connectivity index (χ3v) is 6.38. The number of oxazole rings is 1. The van der Waals surface area contributed by atoms with Crippen molar-refractivity contribution in [3.63, 3.8) is 0 Å². The lowest BCUT2D eigenvalue weighted by Gasteiger charge is -2.30. The number of sulfonamides is 1. The molecule has 1 aliphatic heterocycles. The third kappa shape index (κ3) is 4.04. The highest BCUT2D eigenvalue weighted by atomic mass is 32.2. The van der Waals surface area contributed by atoms with Crippen LogP contribution in [0.4, 0.5) is 5.88 Å². The second-order valence-corrected chi connectivity index (χ2v) is 8.55. The molecule has 0 amide bonds. The predicted molar refractivity (Wildman–Crippen MR) is 102 cm³/mol. The molecule has 7 nitrogen and oxygen atoms in total. The summed E-state index contributed by atoms with van der Waals surface area (Å²) in [6.45, 7) is 7.21. The molecule has 1 aromatic carbocycles. The molecule has 3 rings (SSSR count). The highest BCUT2D eigenvalue weighted by Gasteiger charge is 2.28. The molecule has 8 heteroatoms. The second-order valence-electron chi connectivity index (χ2n) is 6.61. The molecule has 1 fully saturated rings. The van der Waals surface area contributed by atoms with Crippen LogP contribution >= 0.6 is 0 Å². The Bertz CT molecular complexity index is 958. The molecule has 0 spiro atoms. The molecule has 0 saturated carbocycles. The first kappa shape index (κ1) is 19.1. The molecule has 1 aliphatic rings. The molecule has 27 heavy (non-hydrogen) atoms. The summed E-state index contributed by atoms with van der Waals surface area (Å²) in [5, 5.41) is 12.1. The Morgan fingerprint density at radius 1 is 1.44 bits per heavy atom. The standard InChI is InChI=1S/C19H22N4O3S/c1-3-10-21-19-17(12-20)22-18(26-19)15-6-8-16(9-7-15)27(24,25)23-11-4-5-14(2)13-23/h3,6-9,14,21H,1,4-5,10-11,13H2,2H3/t14-/m1/s1. The van der Waals surface area contributed by atoms with Crippen LogP contribution in [0.15, 0.2) is 46.2 Å². The molecule has 1 N–H and O–H groups in total. The molecule has 1 saturated heterocycles. The van der Waals surface area contributed by atoms with E-state index in [2.05, 4.69) is 23.8 Å². The summed E-state index contributed by atoms with van der Waals surface area (Å²) < 4.78 is 32.8. The van der Waals surface area contributed by atoms with Crippen LogP contribution in [-0.4, -0.2) is 37.3 Å². The molecule has 2 aromatic rings. The van der Waals surface area contributed by atoms with Crippen LogP contribution in [0.5, 0.6) is 0 Å². The molecule has 0 unspecified atom stereocenters. The number of anilines is 1. The first-order chi connectivity index (χ1) is 13.0. The average Bonchev–Trinajstić information content (AvgIpc) is 3.09. The first-order valence-electron chi connectivity index (χ1n) is 8.82. The van der Waals surface area contributed by atoms with Crippen LogP contribution < -0.4 is 5.32 Å². The van der Waals surface area contributed by atoms with Gasteiger partial charge < -0.3 is 9.73 Å². The van der Waals surface area contributed by atoms with Gasteiger partial charge in [0.15, 0.2) is 0 Å². The van der Waals surface area contributed by atoms with Crippen molar-refractivity contribution in [2.24, 2.45) is 5.92 Å². The highest BCUT2D eigenvalue weighted by molar-refractivity contribution is 7.89. The summed E-state index contributed by atoms with van der Waals surface area (Å²) in [7, 11) is -3.51. The van der Waals surface area contributed by atoms with E-state index in [0.717, 1.165) is 12.8 Å². The normalized spacial score (nSPS) is 18.0. The number of hydrogen-bond acceptors (Lipinski definition) is 6. The van der Waals surface area contributed by atoms with Crippen LogP contribution in [-0.2, 0) is 10.0 Å². The van der Waals surface area contributed by atoms with Crippen LogP contribution in [0.3, 0.4) is 0 Å². The number of nitrogens with zero attached hydrogens (tertiary/aromatic N) is 3. The molecule has 1 atom stereocenters. The summed E-state index contributed by atoms with van der Waals surface area (Å²) >= 11 is 0. The van der Waals surface area contributed by atoms with Crippen molar-refractivity contribution in [2.45, 2.75) is 24.7 Å². The van der Waals surface area contributed by atoms with E-state index in [1.165, 1.54) is 0 Å². The minimum atomic E-state index is -3.51. The Morgan fingerprint density at radius 2 is 2.19 bits per heavy atom. The van der Waals surface area contributed by atoms with Gasteiger partial charge in [-0.3, -0.25) is 0 Å². The Morgan fingerprint density at radius 3 is 2.81 bits per heavy atom. The maximum atomic E-state index is 12.8. The van der Waals surface area contributed by atoms with Crippen molar-refractivity contribution < 1.29 is 12.8 Å². The molecule has 0 radical (unpaired) electrons. The zero-order valence-electron chi connectivity index (χ0n) is 15.2. The number of aromatic nitrogens is 1. The van der Waals surface area contributed by atoms with Gasteiger partial charge >= 0.3 is 0 Å². The number of nitriles is 1. The smallest absolute Gasteiger partial charge is 0.243 e. The van der Waals surface area contributed by atoms with Crippen LogP contribution in [0.25, 0.3) is 11.5 Å². The molecular weight excluding hydrogens is 364 g/mol. The summed E-state index contributed by atoms with van der Waals surface area (Å²) in [4.78, 5) is 4.41. The van der Waals surface area contributed by atoms with Crippen molar-refractivity contribution in [1.82, 2.24) is 9.29 Å². The first-order valence-corrected chi connectivity index (χ1v) is 10.3. The molecule has 0 aliphatic carbocycles. The summed E-state index contributed by atoms with van der Waals surface area (Å²) in [6, 6.07) is 8.37. The molecule has 0 bridgehead atoms. The van der Waals surface area contributed by atoms with E-state index in [4.69, 9.17) is 4.42 Å². The minimum Gasteiger partial charge on any atom is -0.419 e. The molecule has 1 aromatic heterocycles. The Balaban J connectivity index is 1.84. The van der Waals surface area contributed by atoms with Crippen molar-refractivity contribution in [3.05, 3.63) is 42.6 Å². The van der Waals surface area contributed by atoms with Crippen LogP contribution in [0.2, 0.25) is 0 Å². The van der Waals surface area contributed by atoms with Gasteiger partial charge in [0, 0.05) is 25.2 Å². The SMILES string of the molecule is C=CCNc1oc(-c2ccc(S(=O)(=O)N3CCC[C@@H](C)C3)cc2)nc1C#N. The average molecular weight is 386 g/mol. The van der Waals surface area contributed by atoms with Crippen LogP contribution in [0, 0.1) is 17.2 Å². The van der Waals surface area contributed by atoms with E-state index in [0.29, 0.717) is 31.1 Å². The number of rotatable bonds is 6. The molecule has 142 valence electrons. The topological polar surface area (TPSA) is 99.2 Å². The zero-order chi connectivity index (χ0) is 19.4. The maximum Gasteiger partial charge on any atom is 0.243 e. The van der Waals surface area contributed by atoms with Crippen molar-refractivity contribution in [1.29, 1.82) is 5.26 Å². The maximum absolute atomic E-state index is 12.8. The van der Waals surface area contributed by atoms with E-state index in [1.54, 1.807) is 34.6 Å². The quantitative estimate of drug-likeness (QED) is 0.765. The van der Waals surface area contributed by atoms with Gasteiger partial charge in [0.1, 0.15) is 6.07 Å². The van der Waals surface area contributed by atoms with Gasteiger partial charge in [-0.1, -0.05) is 13.0 Å². The number of nitrogens with one attached hydrogen (secondary N) is 1. The summed E-state index contributed by atoms with van der Waals surface area (Å²) in [6.07, 6.45) is 3.58. The van der Waals surface area contributed by atoms with E-state index >= 15 is 0 Å². The van der Waals surface area contributed by atoms with E-state index < -0.39 is 10.0 Å². The third-order valence-electron chi connectivity index (χ3n) is 4.50. The summed E-state index contributed by atoms with van der Waals surface area (Å²) in [5.74, 6) is 0.895.